The molecule has 0 radical (unpaired) electrons. The first-order valence-corrected chi connectivity index (χ1v) is 22.4. The zero-order valence-corrected chi connectivity index (χ0v) is 35.9. The fourth-order valence-electron chi connectivity index (χ4n) is 6.55. The topological polar surface area (TPSA) is 102 Å². The third-order valence-corrected chi connectivity index (χ3v) is 10.1. The Morgan fingerprint density at radius 1 is 0.537 bits per heavy atom. The molecule has 0 N–H and O–H groups in total. The first-order chi connectivity index (χ1) is 26.1. The lowest BCUT2D eigenvalue weighted by molar-refractivity contribution is -0.889. The fourth-order valence-corrected chi connectivity index (χ4v) is 6.55. The van der Waals surface area contributed by atoms with Crippen LogP contribution in [0.3, 0.4) is 0 Å². The van der Waals surface area contributed by atoms with Gasteiger partial charge >= 0.3 is 11.9 Å². The molecule has 0 aromatic rings. The van der Waals surface area contributed by atoms with Crippen molar-refractivity contribution in [3.8, 4) is 0 Å². The van der Waals surface area contributed by atoms with Crippen LogP contribution in [0.1, 0.15) is 200 Å². The zero-order valence-electron chi connectivity index (χ0n) is 35.9. The third kappa shape index (κ3) is 35.5. The van der Waals surface area contributed by atoms with Crippen molar-refractivity contribution in [1.29, 1.82) is 0 Å². The van der Waals surface area contributed by atoms with Gasteiger partial charge in [-0.15, -0.1) is 0 Å². The number of allylic oxidation sites excluding steroid dienone is 4. The second kappa shape index (κ2) is 37.7. The highest BCUT2D eigenvalue weighted by molar-refractivity contribution is 5.70. The first kappa shape index (κ1) is 51.8. The van der Waals surface area contributed by atoms with Gasteiger partial charge in [0.15, 0.2) is 6.10 Å². The lowest BCUT2D eigenvalue weighted by atomic mass is 10.0. The van der Waals surface area contributed by atoms with Gasteiger partial charge in [0.05, 0.1) is 40.3 Å². The van der Waals surface area contributed by atoms with Crippen molar-refractivity contribution in [3.63, 3.8) is 0 Å². The number of carbonyl (C=O) groups is 3. The second-order valence-corrected chi connectivity index (χ2v) is 16.3. The number of nitrogens with zero attached hydrogens (tertiary/aromatic N) is 1. The van der Waals surface area contributed by atoms with E-state index in [2.05, 4.69) is 32.1 Å². The maximum Gasteiger partial charge on any atom is 0.306 e. The Hall–Kier alpha value is -2.19. The minimum atomic E-state index is -1.13. The molecule has 0 saturated carbocycles. The highest BCUT2D eigenvalue weighted by Gasteiger charge is 2.25. The number of aliphatic carboxylic acids is 1. The van der Waals surface area contributed by atoms with Gasteiger partial charge in [-0.2, -0.15) is 0 Å². The number of carbonyl (C=O) groups excluding carboxylic acids is 3. The summed E-state index contributed by atoms with van der Waals surface area (Å²) in [4.78, 5) is 36.6. The molecule has 0 aliphatic carbocycles. The van der Waals surface area contributed by atoms with Gasteiger partial charge in [-0.25, -0.2) is 0 Å². The number of hydrogen-bond donors (Lipinski definition) is 0. The summed E-state index contributed by atoms with van der Waals surface area (Å²) in [6.45, 7) is 4.56. The standard InChI is InChI=1S/C46H85NO7/c1-6-8-10-12-14-15-16-17-18-19-20-21-22-23-24-25-26-27-28-29-31-32-34-36-44(48)53-41-42(40-52-39-38-43(46(50)51)47(3,4)5)54-45(49)37-35-33-30-13-11-9-7-2/h23-24,30,33,42-43H,6-22,25-29,31-32,34-41H2,1-5H3/b24-23+,33-30+. The Morgan fingerprint density at radius 2 is 0.963 bits per heavy atom. The summed E-state index contributed by atoms with van der Waals surface area (Å²) < 4.78 is 17.0. The van der Waals surface area contributed by atoms with Crippen LogP contribution in [0, 0.1) is 0 Å². The summed E-state index contributed by atoms with van der Waals surface area (Å²) in [5.74, 6) is -1.81. The number of esters is 2. The van der Waals surface area contributed by atoms with Crippen molar-refractivity contribution >= 4 is 17.9 Å². The Bertz CT molecular complexity index is 942. The Labute approximate surface area is 332 Å². The smallest absolute Gasteiger partial charge is 0.306 e. The molecule has 2 unspecified atom stereocenters. The van der Waals surface area contributed by atoms with E-state index in [0.717, 1.165) is 32.1 Å². The summed E-state index contributed by atoms with van der Waals surface area (Å²) >= 11 is 0. The van der Waals surface area contributed by atoms with E-state index in [0.29, 0.717) is 12.8 Å². The maximum absolute atomic E-state index is 12.5. The van der Waals surface area contributed by atoms with Crippen LogP contribution >= 0.6 is 0 Å². The van der Waals surface area contributed by atoms with Crippen molar-refractivity contribution in [1.82, 2.24) is 0 Å². The van der Waals surface area contributed by atoms with Crippen molar-refractivity contribution < 1.29 is 38.2 Å². The Balaban J connectivity index is 4.10. The van der Waals surface area contributed by atoms with Crippen LogP contribution < -0.4 is 5.11 Å². The van der Waals surface area contributed by atoms with Gasteiger partial charge in [0.1, 0.15) is 12.6 Å². The van der Waals surface area contributed by atoms with Crippen molar-refractivity contribution in [3.05, 3.63) is 24.3 Å². The number of quaternary nitrogens is 1. The number of rotatable bonds is 40. The summed E-state index contributed by atoms with van der Waals surface area (Å²) in [7, 11) is 5.39. The number of unbranched alkanes of at least 4 members (excludes halogenated alkanes) is 22. The van der Waals surface area contributed by atoms with Crippen LogP contribution in [0.15, 0.2) is 24.3 Å². The molecule has 2 atom stereocenters. The molecule has 0 aromatic carbocycles. The van der Waals surface area contributed by atoms with Gasteiger partial charge < -0.3 is 28.6 Å². The molecule has 0 aliphatic rings. The number of hydrogen-bond acceptors (Lipinski definition) is 7. The van der Waals surface area contributed by atoms with Crippen LogP contribution in [0.2, 0.25) is 0 Å². The summed E-state index contributed by atoms with van der Waals surface area (Å²) in [5, 5.41) is 11.6. The van der Waals surface area contributed by atoms with Gasteiger partial charge in [-0.05, 0) is 51.4 Å². The molecule has 0 bridgehead atoms. The predicted molar refractivity (Wildman–Crippen MR) is 222 cm³/mol. The largest absolute Gasteiger partial charge is 0.544 e. The average molecular weight is 764 g/mol. The van der Waals surface area contributed by atoms with Gasteiger partial charge in [0.25, 0.3) is 0 Å². The van der Waals surface area contributed by atoms with Crippen molar-refractivity contribution in [2.75, 3.05) is 41.0 Å². The summed E-state index contributed by atoms with van der Waals surface area (Å²) in [6, 6.07) is -0.728. The average Bonchev–Trinajstić information content (AvgIpc) is 3.12. The van der Waals surface area contributed by atoms with Gasteiger partial charge in [0, 0.05) is 19.3 Å². The van der Waals surface area contributed by atoms with E-state index in [1.165, 1.54) is 128 Å². The molecule has 0 amide bonds. The highest BCUT2D eigenvalue weighted by Crippen LogP contribution is 2.14. The number of carboxylic acid groups (broad SMARTS) is 1. The van der Waals surface area contributed by atoms with Crippen LogP contribution in [-0.4, -0.2) is 75.5 Å². The van der Waals surface area contributed by atoms with Gasteiger partial charge in [-0.3, -0.25) is 9.59 Å². The Morgan fingerprint density at radius 3 is 1.44 bits per heavy atom. The molecule has 54 heavy (non-hydrogen) atoms. The number of likely N-dealkylation sites (N-methyl/N-ethyl adjacent to an activating group) is 1. The molecule has 316 valence electrons. The zero-order chi connectivity index (χ0) is 40.0. The van der Waals surface area contributed by atoms with Crippen molar-refractivity contribution in [2.24, 2.45) is 0 Å². The molecule has 8 nitrogen and oxygen atoms in total. The van der Waals surface area contributed by atoms with Crippen LogP contribution in [0.25, 0.3) is 0 Å². The molecule has 8 heteroatoms. The number of carboxylic acids is 1. The molecule has 0 rings (SSSR count). The third-order valence-electron chi connectivity index (χ3n) is 10.1. The van der Waals surface area contributed by atoms with E-state index < -0.39 is 18.1 Å². The minimum Gasteiger partial charge on any atom is -0.544 e. The maximum atomic E-state index is 12.5. The first-order valence-electron chi connectivity index (χ1n) is 22.4. The molecule has 0 heterocycles. The molecule has 0 saturated heterocycles. The second-order valence-electron chi connectivity index (χ2n) is 16.3. The van der Waals surface area contributed by atoms with E-state index in [1.54, 1.807) is 21.1 Å². The van der Waals surface area contributed by atoms with E-state index >= 15 is 0 Å². The SMILES string of the molecule is CCCCC/C=C/CCC(=O)OC(COCCC(C(=O)[O-])[N+](C)(C)C)COC(=O)CCCCCCCCC/C=C/CCCCCCCCCCCCCC. The monoisotopic (exact) mass is 764 g/mol. The van der Waals surface area contributed by atoms with E-state index in [9.17, 15) is 19.5 Å². The number of ether oxygens (including phenoxy) is 3. The van der Waals surface area contributed by atoms with Crippen LogP contribution in [0.4, 0.5) is 0 Å². The van der Waals surface area contributed by atoms with Crippen molar-refractivity contribution in [2.45, 2.75) is 212 Å². The minimum absolute atomic E-state index is 0.0258. The quantitative estimate of drug-likeness (QED) is 0.0265. The van der Waals surface area contributed by atoms with E-state index in [1.807, 2.05) is 6.08 Å². The summed E-state index contributed by atoms with van der Waals surface area (Å²) in [5.41, 5.74) is 0. The molecule has 0 spiro atoms. The van der Waals surface area contributed by atoms with E-state index in [4.69, 9.17) is 14.2 Å². The Kier molecular flexibility index (Phi) is 36.2. The molecule has 0 aromatic heterocycles. The van der Waals surface area contributed by atoms with Crippen LogP contribution in [-0.2, 0) is 28.6 Å². The normalized spacial score (nSPS) is 13.1. The lowest BCUT2D eigenvalue weighted by Gasteiger charge is -2.34. The highest BCUT2D eigenvalue weighted by atomic mass is 16.6. The van der Waals surface area contributed by atoms with Gasteiger partial charge in [0.2, 0.25) is 0 Å². The molecule has 0 aliphatic heterocycles. The summed E-state index contributed by atoms with van der Waals surface area (Å²) in [6.07, 6.45) is 41.1. The van der Waals surface area contributed by atoms with E-state index in [-0.39, 0.29) is 49.1 Å². The lowest BCUT2D eigenvalue weighted by Crippen LogP contribution is -2.55. The molecular weight excluding hydrogens is 679 g/mol. The molecule has 0 fully saturated rings. The van der Waals surface area contributed by atoms with Gasteiger partial charge in [-0.1, -0.05) is 154 Å². The predicted octanol–water partition coefficient (Wildman–Crippen LogP) is 10.7. The van der Waals surface area contributed by atoms with Crippen LogP contribution in [0.5, 0.6) is 0 Å². The fraction of sp³-hybridized carbons (Fsp3) is 0.848. The molecular formula is C46H85NO7.